The van der Waals surface area contributed by atoms with Crippen LogP contribution in [0, 0.1) is 6.57 Å². The Morgan fingerprint density at radius 1 is 0.872 bits per heavy atom. The predicted molar refractivity (Wildman–Crippen MR) is 178 cm³/mol. The van der Waals surface area contributed by atoms with Crippen molar-refractivity contribution in [2.45, 2.75) is 6.42 Å². The molecule has 0 saturated heterocycles. The van der Waals surface area contributed by atoms with Crippen molar-refractivity contribution >= 4 is 38.9 Å². The number of benzene rings is 4. The molecule has 0 fully saturated rings. The average Bonchev–Trinajstić information content (AvgIpc) is 3.56. The van der Waals surface area contributed by atoms with Crippen molar-refractivity contribution in [2.24, 2.45) is 0 Å². The lowest BCUT2D eigenvalue weighted by molar-refractivity contribution is -0.114. The molecule has 0 aliphatic carbocycles. The van der Waals surface area contributed by atoms with Crippen LogP contribution in [0.1, 0.15) is 22.3 Å². The number of amides is 1. The van der Waals surface area contributed by atoms with Gasteiger partial charge in [-0.1, -0.05) is 66.7 Å². The number of carboxylic acid groups (broad SMARTS) is 1. The fourth-order valence-corrected chi connectivity index (χ4v) is 6.03. The molecule has 0 unspecified atom stereocenters. The minimum atomic E-state index is -4.20. The van der Waals surface area contributed by atoms with Crippen molar-refractivity contribution < 1.29 is 32.4 Å². The summed E-state index contributed by atoms with van der Waals surface area (Å²) in [5.74, 6) is -1.26. The molecule has 2 N–H and O–H groups in total. The number of allylic oxidation sites excluding steroid dienone is 3. The molecular formula is C36H27N3O7S. The minimum absolute atomic E-state index is 0.0437. The van der Waals surface area contributed by atoms with Gasteiger partial charge in [0, 0.05) is 29.6 Å². The maximum absolute atomic E-state index is 13.8. The summed E-state index contributed by atoms with van der Waals surface area (Å²) >= 11 is 0. The number of ether oxygens (including phenoxy) is 1. The van der Waals surface area contributed by atoms with Gasteiger partial charge in [-0.15, -0.1) is 0 Å². The summed E-state index contributed by atoms with van der Waals surface area (Å²) in [4.78, 5) is 32.0. The second-order valence-corrected chi connectivity index (χ2v) is 12.3. The quantitative estimate of drug-likeness (QED) is 0.153. The zero-order valence-electron chi connectivity index (χ0n) is 24.8. The molecule has 0 radical (unpaired) electrons. The molecule has 0 spiro atoms. The van der Waals surface area contributed by atoms with Gasteiger partial charge < -0.3 is 14.7 Å². The summed E-state index contributed by atoms with van der Waals surface area (Å²) < 4.78 is 38.7. The summed E-state index contributed by atoms with van der Waals surface area (Å²) in [6.45, 7) is 8.06. The Hall–Kier alpha value is -5.96. The fraction of sp³-hybridized carbons (Fsp3) is 0.0833. The molecule has 0 bridgehead atoms. The summed E-state index contributed by atoms with van der Waals surface area (Å²) in [7, 11) is -4.20. The molecule has 4 aromatic carbocycles. The zero-order valence-corrected chi connectivity index (χ0v) is 25.6. The van der Waals surface area contributed by atoms with Gasteiger partial charge in [0.05, 0.1) is 23.6 Å². The van der Waals surface area contributed by atoms with Crippen LogP contribution in [0.3, 0.4) is 0 Å². The maximum atomic E-state index is 13.8. The number of nitrogens with zero attached hydrogens (tertiary/aromatic N) is 3. The Morgan fingerprint density at radius 2 is 1.53 bits per heavy atom. The lowest BCUT2D eigenvalue weighted by Gasteiger charge is -2.22. The number of hydrogen-bond donors (Lipinski definition) is 2. The van der Waals surface area contributed by atoms with Gasteiger partial charge >= 0.3 is 5.97 Å². The highest BCUT2D eigenvalue weighted by Gasteiger charge is 2.37. The van der Waals surface area contributed by atoms with Crippen LogP contribution < -0.4 is 14.5 Å². The average molecular weight is 646 g/mol. The van der Waals surface area contributed by atoms with Crippen LogP contribution in [0.15, 0.2) is 133 Å². The monoisotopic (exact) mass is 645 g/mol. The SMILES string of the molecule is [C-]#[N+]C1=C(c2ccccc2)C(=CC=C2Oc3ccc(-c4ccccc4)cc3N2CCCS(=O)(=O)O)N(c2ccc(C(=O)O)cc2)C1=O. The van der Waals surface area contributed by atoms with E-state index in [9.17, 15) is 27.7 Å². The lowest BCUT2D eigenvalue weighted by Crippen LogP contribution is -2.25. The molecular weight excluding hydrogens is 618 g/mol. The topological polar surface area (TPSA) is 129 Å². The van der Waals surface area contributed by atoms with Crippen molar-refractivity contribution in [1.29, 1.82) is 0 Å². The molecule has 0 aromatic heterocycles. The molecule has 6 rings (SSSR count). The van der Waals surface area contributed by atoms with Crippen LogP contribution in [-0.4, -0.2) is 42.3 Å². The molecule has 234 valence electrons. The number of rotatable bonds is 9. The van der Waals surface area contributed by atoms with E-state index in [1.165, 1.54) is 29.2 Å². The second kappa shape index (κ2) is 12.8. The first-order chi connectivity index (χ1) is 22.6. The summed E-state index contributed by atoms with van der Waals surface area (Å²) in [5, 5.41) is 9.40. The van der Waals surface area contributed by atoms with E-state index in [1.807, 2.05) is 54.6 Å². The van der Waals surface area contributed by atoms with E-state index in [4.69, 9.17) is 11.3 Å². The van der Waals surface area contributed by atoms with Crippen molar-refractivity contribution in [3.8, 4) is 16.9 Å². The molecule has 10 nitrogen and oxygen atoms in total. The first kappa shape index (κ1) is 31.0. The van der Waals surface area contributed by atoms with Crippen LogP contribution in [0.5, 0.6) is 5.75 Å². The van der Waals surface area contributed by atoms with Crippen LogP contribution in [0.4, 0.5) is 11.4 Å². The van der Waals surface area contributed by atoms with Crippen LogP contribution in [0.25, 0.3) is 21.5 Å². The molecule has 11 heteroatoms. The van der Waals surface area contributed by atoms with Gasteiger partial charge in [0.15, 0.2) is 5.75 Å². The highest BCUT2D eigenvalue weighted by atomic mass is 32.2. The van der Waals surface area contributed by atoms with Gasteiger partial charge in [0.1, 0.15) is 0 Å². The van der Waals surface area contributed by atoms with E-state index in [-0.39, 0.29) is 24.2 Å². The molecule has 2 aliphatic heterocycles. The number of fused-ring (bicyclic) bond motifs is 1. The Balaban J connectivity index is 1.46. The third-order valence-corrected chi connectivity index (χ3v) is 8.50. The number of carboxylic acids is 1. The first-order valence-corrected chi connectivity index (χ1v) is 16.1. The first-order valence-electron chi connectivity index (χ1n) is 14.5. The van der Waals surface area contributed by atoms with Crippen LogP contribution in [0.2, 0.25) is 0 Å². The van der Waals surface area contributed by atoms with E-state index in [1.54, 1.807) is 41.3 Å². The van der Waals surface area contributed by atoms with Gasteiger partial charge in [0.25, 0.3) is 21.7 Å². The van der Waals surface area contributed by atoms with Gasteiger partial charge in [-0.3, -0.25) is 14.2 Å². The van der Waals surface area contributed by atoms with Crippen molar-refractivity contribution in [3.63, 3.8) is 0 Å². The standard InChI is InChI=1S/C36H27N3O7S/c1-37-34-33(25-11-6-3-7-12-25)29(39(35(34)40)28-16-13-26(14-17-28)36(41)42)18-20-32-38(21-8-22-47(43,44)45)30-23-27(15-19-31(30)46-32)24-9-4-2-5-10-24/h2-7,9-20,23H,8,21-22H2,(H,41,42)(H,43,44,45). The number of aromatic carboxylic acids is 1. The molecule has 0 saturated carbocycles. The van der Waals surface area contributed by atoms with E-state index in [2.05, 4.69) is 4.85 Å². The van der Waals surface area contributed by atoms with Gasteiger partial charge in [-0.2, -0.15) is 8.42 Å². The van der Waals surface area contributed by atoms with Gasteiger partial charge in [-0.05, 0) is 65.6 Å². The molecule has 4 aromatic rings. The second-order valence-electron chi connectivity index (χ2n) is 10.7. The van der Waals surface area contributed by atoms with Gasteiger partial charge in [-0.25, -0.2) is 9.64 Å². The van der Waals surface area contributed by atoms with E-state index >= 15 is 0 Å². The van der Waals surface area contributed by atoms with Crippen molar-refractivity contribution in [1.82, 2.24) is 0 Å². The Morgan fingerprint density at radius 3 is 2.15 bits per heavy atom. The van der Waals surface area contributed by atoms with Crippen molar-refractivity contribution in [2.75, 3.05) is 22.1 Å². The third kappa shape index (κ3) is 6.41. The number of anilines is 2. The highest BCUT2D eigenvalue weighted by molar-refractivity contribution is 7.85. The highest BCUT2D eigenvalue weighted by Crippen LogP contribution is 2.43. The van der Waals surface area contributed by atoms with E-state index < -0.39 is 27.7 Å². The Kier molecular flexibility index (Phi) is 8.46. The summed E-state index contributed by atoms with van der Waals surface area (Å²) in [5.41, 5.74) is 4.29. The predicted octanol–water partition coefficient (Wildman–Crippen LogP) is 6.63. The number of hydrogen-bond acceptors (Lipinski definition) is 6. The molecule has 2 heterocycles. The number of carbonyl (C=O) groups excluding carboxylic acids is 1. The molecule has 0 atom stereocenters. The van der Waals surface area contributed by atoms with Crippen LogP contribution in [-0.2, 0) is 14.9 Å². The zero-order chi connectivity index (χ0) is 33.1. The molecule has 47 heavy (non-hydrogen) atoms. The van der Waals surface area contributed by atoms with E-state index in [0.29, 0.717) is 39.8 Å². The smallest absolute Gasteiger partial charge is 0.335 e. The van der Waals surface area contributed by atoms with E-state index in [0.717, 1.165) is 11.1 Å². The minimum Gasteiger partial charge on any atom is -0.478 e. The Bertz CT molecular complexity index is 2120. The van der Waals surface area contributed by atoms with Crippen molar-refractivity contribution in [3.05, 3.63) is 155 Å². The molecule has 2 aliphatic rings. The van der Waals surface area contributed by atoms with Crippen LogP contribution >= 0.6 is 0 Å². The summed E-state index contributed by atoms with van der Waals surface area (Å²) in [6.07, 6.45) is 3.40. The Labute approximate surface area is 271 Å². The largest absolute Gasteiger partial charge is 0.478 e. The molecule has 1 amide bonds. The number of carbonyl (C=O) groups is 2. The van der Waals surface area contributed by atoms with Gasteiger partial charge in [0.2, 0.25) is 5.88 Å². The lowest BCUT2D eigenvalue weighted by atomic mass is 10.0. The normalized spacial score (nSPS) is 16.0. The maximum Gasteiger partial charge on any atom is 0.335 e. The third-order valence-electron chi connectivity index (χ3n) is 7.69. The fourth-order valence-electron chi connectivity index (χ4n) is 5.54. The summed E-state index contributed by atoms with van der Waals surface area (Å²) in [6, 6.07) is 30.2.